The molecule has 1 atom stereocenters. The van der Waals surface area contributed by atoms with Gasteiger partial charge in [0.2, 0.25) is 0 Å². The zero-order valence-corrected chi connectivity index (χ0v) is 10.3. The number of nitrogens with zero attached hydrogens (tertiary/aromatic N) is 2. The van der Waals surface area contributed by atoms with Gasteiger partial charge in [0, 0.05) is 0 Å². The van der Waals surface area contributed by atoms with Gasteiger partial charge in [-0.05, 0) is 25.1 Å². The van der Waals surface area contributed by atoms with Gasteiger partial charge < -0.3 is 15.4 Å². The normalized spacial score (nSPS) is 14.0. The van der Waals surface area contributed by atoms with E-state index in [-0.39, 0.29) is 18.6 Å². The summed E-state index contributed by atoms with van der Waals surface area (Å²) in [6, 6.07) is 3.35. The second-order valence-corrected chi connectivity index (χ2v) is 4.39. The Labute approximate surface area is 107 Å². The van der Waals surface area contributed by atoms with E-state index in [2.05, 4.69) is 4.98 Å². The minimum Gasteiger partial charge on any atom is -0.392 e. The van der Waals surface area contributed by atoms with Gasteiger partial charge in [0.05, 0.1) is 35.8 Å². The molecule has 0 bridgehead atoms. The Balaban J connectivity index is 2.57. The minimum absolute atomic E-state index is 0.1000. The molecule has 0 radical (unpaired) electrons. The Kier molecular flexibility index (Phi) is 3.51. The van der Waals surface area contributed by atoms with Crippen LogP contribution >= 0.6 is 0 Å². The van der Waals surface area contributed by atoms with Crippen molar-refractivity contribution in [3.8, 4) is 0 Å². The van der Waals surface area contributed by atoms with Crippen molar-refractivity contribution < 1.29 is 18.3 Å². The lowest BCUT2D eigenvalue weighted by atomic mass is 10.2. The number of hydrogen-bond acceptors (Lipinski definition) is 3. The summed E-state index contributed by atoms with van der Waals surface area (Å²) in [5, 5.41) is 9.42. The van der Waals surface area contributed by atoms with Crippen molar-refractivity contribution in [2.45, 2.75) is 32.3 Å². The van der Waals surface area contributed by atoms with Crippen LogP contribution in [0.4, 0.5) is 13.2 Å². The molecule has 2 rings (SSSR count). The zero-order chi connectivity index (χ0) is 14.2. The van der Waals surface area contributed by atoms with Gasteiger partial charge in [-0.15, -0.1) is 0 Å². The smallest absolute Gasteiger partial charge is 0.392 e. The van der Waals surface area contributed by atoms with Crippen LogP contribution in [0.1, 0.15) is 18.3 Å². The Morgan fingerprint density at radius 1 is 1.42 bits per heavy atom. The molecule has 0 fully saturated rings. The number of rotatable bonds is 3. The number of benzene rings is 1. The lowest BCUT2D eigenvalue weighted by Gasteiger charge is -2.10. The summed E-state index contributed by atoms with van der Waals surface area (Å²) in [5.41, 5.74) is 5.55. The third kappa shape index (κ3) is 2.71. The molecular weight excluding hydrogens is 259 g/mol. The van der Waals surface area contributed by atoms with E-state index in [1.807, 2.05) is 0 Å². The topological polar surface area (TPSA) is 64.1 Å². The molecule has 0 saturated carbocycles. The molecule has 4 nitrogen and oxygen atoms in total. The monoisotopic (exact) mass is 273 g/mol. The first-order chi connectivity index (χ1) is 8.82. The van der Waals surface area contributed by atoms with Crippen LogP contribution in [0.25, 0.3) is 11.0 Å². The van der Waals surface area contributed by atoms with E-state index in [4.69, 9.17) is 5.73 Å². The van der Waals surface area contributed by atoms with Gasteiger partial charge in [-0.3, -0.25) is 0 Å². The summed E-state index contributed by atoms with van der Waals surface area (Å²) in [4.78, 5) is 4.09. The SMILES string of the molecule is CC(O)Cn1c(CN)nc2cc(C(F)(F)F)ccc21. The highest BCUT2D eigenvalue weighted by Crippen LogP contribution is 2.31. The van der Waals surface area contributed by atoms with Crippen LogP contribution in [0.3, 0.4) is 0 Å². The molecule has 104 valence electrons. The molecule has 0 saturated heterocycles. The van der Waals surface area contributed by atoms with Crippen LogP contribution in [0.5, 0.6) is 0 Å². The van der Waals surface area contributed by atoms with E-state index in [1.54, 1.807) is 11.5 Å². The first-order valence-corrected chi connectivity index (χ1v) is 5.77. The van der Waals surface area contributed by atoms with Crippen molar-refractivity contribution in [2.75, 3.05) is 0 Å². The Morgan fingerprint density at radius 2 is 2.11 bits per heavy atom. The molecule has 7 heteroatoms. The average molecular weight is 273 g/mol. The summed E-state index contributed by atoms with van der Waals surface area (Å²) in [7, 11) is 0. The molecule has 1 aromatic carbocycles. The van der Waals surface area contributed by atoms with Gasteiger partial charge in [0.15, 0.2) is 0 Å². The first-order valence-electron chi connectivity index (χ1n) is 5.77. The first kappa shape index (κ1) is 13.8. The van der Waals surface area contributed by atoms with E-state index < -0.39 is 17.8 Å². The number of halogens is 3. The molecule has 0 amide bonds. The van der Waals surface area contributed by atoms with Crippen LogP contribution in [-0.2, 0) is 19.3 Å². The summed E-state index contributed by atoms with van der Waals surface area (Å²) >= 11 is 0. The van der Waals surface area contributed by atoms with E-state index >= 15 is 0 Å². The molecule has 0 aliphatic heterocycles. The minimum atomic E-state index is -4.40. The number of aliphatic hydroxyl groups is 1. The Morgan fingerprint density at radius 3 is 2.63 bits per heavy atom. The van der Waals surface area contributed by atoms with Crippen LogP contribution < -0.4 is 5.73 Å². The molecule has 1 heterocycles. The molecule has 1 unspecified atom stereocenters. The number of nitrogens with two attached hydrogens (primary N) is 1. The highest BCUT2D eigenvalue weighted by Gasteiger charge is 2.31. The summed E-state index contributed by atoms with van der Waals surface area (Å²) < 4.78 is 39.5. The average Bonchev–Trinajstić information content (AvgIpc) is 2.65. The molecule has 19 heavy (non-hydrogen) atoms. The van der Waals surface area contributed by atoms with Gasteiger partial charge >= 0.3 is 6.18 Å². The zero-order valence-electron chi connectivity index (χ0n) is 10.3. The fourth-order valence-corrected chi connectivity index (χ4v) is 1.98. The summed E-state index contributed by atoms with van der Waals surface area (Å²) in [6.45, 7) is 1.94. The summed E-state index contributed by atoms with van der Waals surface area (Å²) in [5.74, 6) is 0.454. The van der Waals surface area contributed by atoms with Crippen molar-refractivity contribution in [3.63, 3.8) is 0 Å². The second-order valence-electron chi connectivity index (χ2n) is 4.39. The second kappa shape index (κ2) is 4.82. The number of fused-ring (bicyclic) bond motifs is 1. The number of aliphatic hydroxyl groups excluding tert-OH is 1. The van der Waals surface area contributed by atoms with Gasteiger partial charge in [0.25, 0.3) is 0 Å². The van der Waals surface area contributed by atoms with Crippen molar-refractivity contribution in [1.82, 2.24) is 9.55 Å². The molecule has 0 aliphatic rings. The lowest BCUT2D eigenvalue weighted by molar-refractivity contribution is -0.137. The van der Waals surface area contributed by atoms with Crippen molar-refractivity contribution in [1.29, 1.82) is 0 Å². The molecule has 0 aliphatic carbocycles. The largest absolute Gasteiger partial charge is 0.416 e. The Bertz CT molecular complexity index is 590. The maximum Gasteiger partial charge on any atom is 0.416 e. The van der Waals surface area contributed by atoms with Crippen molar-refractivity contribution >= 4 is 11.0 Å². The number of imidazole rings is 1. The van der Waals surface area contributed by atoms with Crippen LogP contribution in [0.15, 0.2) is 18.2 Å². The fraction of sp³-hybridized carbons (Fsp3) is 0.417. The molecule has 3 N–H and O–H groups in total. The van der Waals surface area contributed by atoms with E-state index in [9.17, 15) is 18.3 Å². The lowest BCUT2D eigenvalue weighted by Crippen LogP contribution is -2.16. The van der Waals surface area contributed by atoms with Crippen LogP contribution in [0.2, 0.25) is 0 Å². The van der Waals surface area contributed by atoms with Gasteiger partial charge in [-0.2, -0.15) is 13.2 Å². The fourth-order valence-electron chi connectivity index (χ4n) is 1.98. The van der Waals surface area contributed by atoms with E-state index in [1.165, 1.54) is 6.07 Å². The molecule has 2 aromatic rings. The predicted octanol–water partition coefficient (Wildman–Crippen LogP) is 1.89. The van der Waals surface area contributed by atoms with Gasteiger partial charge in [-0.1, -0.05) is 0 Å². The van der Waals surface area contributed by atoms with Crippen molar-refractivity contribution in [3.05, 3.63) is 29.6 Å². The number of alkyl halides is 3. The van der Waals surface area contributed by atoms with E-state index in [0.29, 0.717) is 11.3 Å². The maximum absolute atomic E-state index is 12.6. The highest BCUT2D eigenvalue weighted by molar-refractivity contribution is 5.77. The maximum atomic E-state index is 12.6. The Hall–Kier alpha value is -1.60. The third-order valence-electron chi connectivity index (χ3n) is 2.78. The quantitative estimate of drug-likeness (QED) is 0.897. The van der Waals surface area contributed by atoms with Crippen molar-refractivity contribution in [2.24, 2.45) is 5.73 Å². The molecule has 1 aromatic heterocycles. The van der Waals surface area contributed by atoms with Crippen LogP contribution in [-0.4, -0.2) is 20.8 Å². The van der Waals surface area contributed by atoms with Gasteiger partial charge in [-0.25, -0.2) is 4.98 Å². The standard InChI is InChI=1S/C12H14F3N3O/c1-7(19)6-18-10-3-2-8(12(13,14)15)4-9(10)17-11(18)5-16/h2-4,7,19H,5-6,16H2,1H3. The van der Waals surface area contributed by atoms with Crippen LogP contribution in [0, 0.1) is 0 Å². The van der Waals surface area contributed by atoms with E-state index in [0.717, 1.165) is 12.1 Å². The third-order valence-corrected chi connectivity index (χ3v) is 2.78. The molecular formula is C12H14F3N3O. The molecule has 0 spiro atoms. The number of hydrogen-bond donors (Lipinski definition) is 2. The van der Waals surface area contributed by atoms with Gasteiger partial charge in [0.1, 0.15) is 5.82 Å². The summed E-state index contributed by atoms with van der Waals surface area (Å²) in [6.07, 6.45) is -5.03. The highest BCUT2D eigenvalue weighted by atomic mass is 19.4. The number of aromatic nitrogens is 2. The predicted molar refractivity (Wildman–Crippen MR) is 64.3 cm³/mol.